The first-order valence-electron chi connectivity index (χ1n) is 8.09. The molecule has 1 atom stereocenters. The van der Waals surface area contributed by atoms with Crippen LogP contribution < -0.4 is 4.74 Å². The third-order valence-electron chi connectivity index (χ3n) is 4.37. The molecule has 3 heterocycles. The zero-order chi connectivity index (χ0) is 18.1. The lowest BCUT2D eigenvalue weighted by Crippen LogP contribution is -2.40. The SMILES string of the molecule is O=C(c1ccccc1OC(F)F)N1CCc2sccc2[C@@H]1c1cccs1. The minimum Gasteiger partial charge on any atom is -0.434 e. The highest BCUT2D eigenvalue weighted by atomic mass is 32.1. The van der Waals surface area contributed by atoms with Crippen LogP contribution in [0.25, 0.3) is 0 Å². The maximum absolute atomic E-state index is 13.2. The van der Waals surface area contributed by atoms with Crippen LogP contribution in [0, 0.1) is 0 Å². The van der Waals surface area contributed by atoms with Crippen LogP contribution in [0.15, 0.2) is 53.2 Å². The molecule has 2 aromatic heterocycles. The molecule has 0 saturated heterocycles. The first-order chi connectivity index (χ1) is 12.6. The number of hydrogen-bond acceptors (Lipinski definition) is 4. The van der Waals surface area contributed by atoms with E-state index in [1.807, 2.05) is 29.0 Å². The van der Waals surface area contributed by atoms with Crippen LogP contribution in [0.4, 0.5) is 8.78 Å². The first-order valence-corrected chi connectivity index (χ1v) is 9.85. The third kappa shape index (κ3) is 3.12. The van der Waals surface area contributed by atoms with E-state index in [1.165, 1.54) is 17.0 Å². The van der Waals surface area contributed by atoms with E-state index in [0.29, 0.717) is 6.54 Å². The largest absolute Gasteiger partial charge is 0.434 e. The summed E-state index contributed by atoms with van der Waals surface area (Å²) in [6.07, 6.45) is 0.762. The van der Waals surface area contributed by atoms with E-state index in [-0.39, 0.29) is 23.3 Å². The van der Waals surface area contributed by atoms with Crippen molar-refractivity contribution in [3.05, 3.63) is 74.1 Å². The van der Waals surface area contributed by atoms with Crippen molar-refractivity contribution in [2.45, 2.75) is 19.1 Å². The van der Waals surface area contributed by atoms with Crippen molar-refractivity contribution in [3.8, 4) is 5.75 Å². The molecule has 0 fully saturated rings. The number of rotatable bonds is 4. The lowest BCUT2D eigenvalue weighted by atomic mass is 9.97. The molecule has 1 amide bonds. The Morgan fingerprint density at radius 1 is 1.12 bits per heavy atom. The number of carbonyl (C=O) groups excluding carboxylic acids is 1. The molecule has 134 valence electrons. The van der Waals surface area contributed by atoms with Gasteiger partial charge >= 0.3 is 6.61 Å². The standard InChI is InChI=1S/C19H15F2NO2S2/c20-19(21)24-14-5-2-1-4-12(14)18(23)22-9-7-15-13(8-11-26-15)17(22)16-6-3-10-25-16/h1-6,8,10-11,17,19H,7,9H2/t17-/m1/s1. The molecular formula is C19H15F2NO2S2. The van der Waals surface area contributed by atoms with Gasteiger partial charge in [0, 0.05) is 16.3 Å². The monoisotopic (exact) mass is 391 g/mol. The second-order valence-electron chi connectivity index (χ2n) is 5.84. The summed E-state index contributed by atoms with van der Waals surface area (Å²) in [5.74, 6) is -0.384. The van der Waals surface area contributed by atoms with Crippen molar-refractivity contribution in [1.29, 1.82) is 0 Å². The van der Waals surface area contributed by atoms with Gasteiger partial charge in [0.25, 0.3) is 5.91 Å². The number of para-hydroxylation sites is 1. The Morgan fingerprint density at radius 3 is 2.73 bits per heavy atom. The molecule has 0 spiro atoms. The minimum atomic E-state index is -2.97. The zero-order valence-electron chi connectivity index (χ0n) is 13.6. The van der Waals surface area contributed by atoms with Gasteiger partial charge in [0.1, 0.15) is 5.75 Å². The predicted octanol–water partition coefficient (Wildman–Crippen LogP) is 5.20. The maximum Gasteiger partial charge on any atom is 0.387 e. The summed E-state index contributed by atoms with van der Waals surface area (Å²) in [5, 5.41) is 4.01. The number of halogens is 2. The second kappa shape index (κ2) is 7.17. The molecule has 3 aromatic rings. The van der Waals surface area contributed by atoms with Gasteiger partial charge in [-0.15, -0.1) is 22.7 Å². The summed E-state index contributed by atoms with van der Waals surface area (Å²) in [7, 11) is 0. The Bertz CT molecular complexity index is 908. The number of hydrogen-bond donors (Lipinski definition) is 0. The normalized spacial score (nSPS) is 16.6. The predicted molar refractivity (Wildman–Crippen MR) is 98.3 cm³/mol. The first kappa shape index (κ1) is 17.2. The number of alkyl halides is 2. The van der Waals surface area contributed by atoms with E-state index in [2.05, 4.69) is 4.74 Å². The van der Waals surface area contributed by atoms with E-state index < -0.39 is 6.61 Å². The lowest BCUT2D eigenvalue weighted by molar-refractivity contribution is -0.0503. The fourth-order valence-electron chi connectivity index (χ4n) is 3.29. The van der Waals surface area contributed by atoms with Crippen molar-refractivity contribution in [2.24, 2.45) is 0 Å². The van der Waals surface area contributed by atoms with Gasteiger partial charge in [0.2, 0.25) is 0 Å². The van der Waals surface area contributed by atoms with Crippen LogP contribution in [0.5, 0.6) is 5.75 Å². The van der Waals surface area contributed by atoms with Crippen LogP contribution >= 0.6 is 22.7 Å². The highest BCUT2D eigenvalue weighted by molar-refractivity contribution is 7.10. The summed E-state index contributed by atoms with van der Waals surface area (Å²) in [6.45, 7) is -2.43. The number of thiophene rings is 2. The molecule has 0 bridgehead atoms. The second-order valence-corrected chi connectivity index (χ2v) is 7.82. The summed E-state index contributed by atoms with van der Waals surface area (Å²) >= 11 is 3.28. The molecule has 0 aliphatic carbocycles. The molecule has 0 unspecified atom stereocenters. The molecule has 0 radical (unpaired) electrons. The molecule has 0 saturated carbocycles. The summed E-state index contributed by atoms with van der Waals surface area (Å²) < 4.78 is 30.0. The van der Waals surface area contributed by atoms with Gasteiger partial charge in [-0.3, -0.25) is 4.79 Å². The summed E-state index contributed by atoms with van der Waals surface area (Å²) in [6, 6.07) is 12.0. The molecule has 7 heteroatoms. The number of benzene rings is 1. The van der Waals surface area contributed by atoms with Crippen molar-refractivity contribution >= 4 is 28.6 Å². The Kier molecular flexibility index (Phi) is 4.74. The van der Waals surface area contributed by atoms with Gasteiger partial charge in [-0.2, -0.15) is 8.78 Å². The number of fused-ring (bicyclic) bond motifs is 1. The van der Waals surface area contributed by atoms with Gasteiger partial charge < -0.3 is 9.64 Å². The Hall–Kier alpha value is -2.25. The quantitative estimate of drug-likeness (QED) is 0.612. The number of nitrogens with zero attached hydrogens (tertiary/aromatic N) is 1. The van der Waals surface area contributed by atoms with Crippen LogP contribution in [0.1, 0.15) is 31.7 Å². The van der Waals surface area contributed by atoms with Crippen LogP contribution in [0.2, 0.25) is 0 Å². The van der Waals surface area contributed by atoms with Crippen LogP contribution in [0.3, 0.4) is 0 Å². The Balaban J connectivity index is 1.74. The smallest absolute Gasteiger partial charge is 0.387 e. The summed E-state index contributed by atoms with van der Waals surface area (Å²) in [4.78, 5) is 17.3. The third-order valence-corrected chi connectivity index (χ3v) is 6.29. The van der Waals surface area contributed by atoms with E-state index in [4.69, 9.17) is 0 Å². The molecule has 4 rings (SSSR count). The Labute approximate surface area is 157 Å². The van der Waals surface area contributed by atoms with Gasteiger partial charge in [-0.25, -0.2) is 0 Å². The molecule has 1 aliphatic heterocycles. The van der Waals surface area contributed by atoms with E-state index in [0.717, 1.165) is 16.9 Å². The van der Waals surface area contributed by atoms with Crippen molar-refractivity contribution < 1.29 is 18.3 Å². The maximum atomic E-state index is 13.2. The van der Waals surface area contributed by atoms with Crippen LogP contribution in [-0.2, 0) is 6.42 Å². The molecule has 26 heavy (non-hydrogen) atoms. The minimum absolute atomic E-state index is 0.0893. The number of carbonyl (C=O) groups is 1. The average molecular weight is 391 g/mol. The van der Waals surface area contributed by atoms with Crippen LogP contribution in [-0.4, -0.2) is 24.0 Å². The number of amides is 1. The zero-order valence-corrected chi connectivity index (χ0v) is 15.2. The lowest BCUT2D eigenvalue weighted by Gasteiger charge is -2.35. The topological polar surface area (TPSA) is 29.5 Å². The van der Waals surface area contributed by atoms with E-state index in [9.17, 15) is 13.6 Å². The van der Waals surface area contributed by atoms with Gasteiger partial charge in [-0.05, 0) is 47.0 Å². The van der Waals surface area contributed by atoms with Gasteiger partial charge in [0.15, 0.2) is 0 Å². The summed E-state index contributed by atoms with van der Waals surface area (Å²) in [5.41, 5.74) is 1.28. The van der Waals surface area contributed by atoms with Crippen molar-refractivity contribution in [1.82, 2.24) is 4.90 Å². The molecule has 3 nitrogen and oxygen atoms in total. The molecular weight excluding hydrogens is 376 g/mol. The average Bonchev–Trinajstić information content (AvgIpc) is 3.32. The Morgan fingerprint density at radius 2 is 1.96 bits per heavy atom. The number of ether oxygens (including phenoxy) is 1. The van der Waals surface area contributed by atoms with E-state index in [1.54, 1.807) is 39.7 Å². The fraction of sp³-hybridized carbons (Fsp3) is 0.211. The van der Waals surface area contributed by atoms with Crippen molar-refractivity contribution in [2.75, 3.05) is 6.54 Å². The highest BCUT2D eigenvalue weighted by Gasteiger charge is 2.35. The van der Waals surface area contributed by atoms with Gasteiger partial charge in [-0.1, -0.05) is 18.2 Å². The molecule has 1 aliphatic rings. The molecule has 0 N–H and O–H groups in total. The van der Waals surface area contributed by atoms with E-state index >= 15 is 0 Å². The fourth-order valence-corrected chi connectivity index (χ4v) is 5.04. The molecule has 1 aromatic carbocycles. The van der Waals surface area contributed by atoms with Gasteiger partial charge in [0.05, 0.1) is 11.6 Å². The van der Waals surface area contributed by atoms with Crippen molar-refractivity contribution in [3.63, 3.8) is 0 Å². The highest BCUT2D eigenvalue weighted by Crippen LogP contribution is 2.40.